The van der Waals surface area contributed by atoms with E-state index >= 15 is 0 Å². The molecule has 0 unspecified atom stereocenters. The highest BCUT2D eigenvalue weighted by Gasteiger charge is 2.32. The fraction of sp³-hybridized carbons (Fsp3) is 0.286. The van der Waals surface area contributed by atoms with Crippen LogP contribution in [0.3, 0.4) is 0 Å². The Morgan fingerprint density at radius 2 is 1.68 bits per heavy atom. The largest absolute Gasteiger partial charge is 0.507 e. The van der Waals surface area contributed by atoms with Crippen LogP contribution >= 0.6 is 7.60 Å². The molecule has 0 aliphatic rings. The molecule has 102 valence electrons. The van der Waals surface area contributed by atoms with Crippen LogP contribution < -0.4 is 5.30 Å². The number of benzene rings is 2. The van der Waals surface area contributed by atoms with E-state index in [9.17, 15) is 9.67 Å². The van der Waals surface area contributed by atoms with Gasteiger partial charge in [-0.25, -0.2) is 0 Å². The highest BCUT2D eigenvalue weighted by molar-refractivity contribution is 7.63. The topological polar surface area (TPSA) is 55.8 Å². The minimum Gasteiger partial charge on any atom is -0.507 e. The summed E-state index contributed by atoms with van der Waals surface area (Å²) in [4.78, 5) is 0. The van der Waals surface area contributed by atoms with Crippen LogP contribution in [0.1, 0.15) is 13.8 Å². The van der Waals surface area contributed by atoms with Crippen LogP contribution in [0.15, 0.2) is 36.4 Å². The quantitative estimate of drug-likeness (QED) is 0.852. The molecule has 0 spiro atoms. The zero-order valence-corrected chi connectivity index (χ0v) is 11.9. The lowest BCUT2D eigenvalue weighted by Crippen LogP contribution is -2.12. The first-order chi connectivity index (χ1) is 9.12. The molecule has 4 nitrogen and oxygen atoms in total. The summed E-state index contributed by atoms with van der Waals surface area (Å²) in [5.74, 6) is -0.0658. The van der Waals surface area contributed by atoms with Crippen molar-refractivity contribution in [1.29, 1.82) is 0 Å². The Bertz CT molecular complexity index is 614. The van der Waals surface area contributed by atoms with Gasteiger partial charge in [0.15, 0.2) is 0 Å². The number of phenols is 1. The fourth-order valence-corrected chi connectivity index (χ4v) is 3.90. The maximum absolute atomic E-state index is 12.8. The van der Waals surface area contributed by atoms with Crippen LogP contribution in [0, 0.1) is 0 Å². The van der Waals surface area contributed by atoms with Crippen LogP contribution in [0.25, 0.3) is 10.8 Å². The van der Waals surface area contributed by atoms with E-state index in [-0.39, 0.29) is 24.3 Å². The maximum Gasteiger partial charge on any atom is 0.365 e. The van der Waals surface area contributed by atoms with Crippen LogP contribution in [-0.2, 0) is 13.6 Å². The smallest absolute Gasteiger partial charge is 0.365 e. The third kappa shape index (κ3) is 2.66. The summed E-state index contributed by atoms with van der Waals surface area (Å²) in [5.41, 5.74) is 0. The van der Waals surface area contributed by atoms with Crippen LogP contribution in [0.5, 0.6) is 5.75 Å². The normalized spacial score (nSPS) is 11.9. The Kier molecular flexibility index (Phi) is 4.25. The van der Waals surface area contributed by atoms with Crippen LogP contribution in [0.2, 0.25) is 0 Å². The lowest BCUT2D eigenvalue weighted by molar-refractivity contribution is 0.229. The van der Waals surface area contributed by atoms with Crippen molar-refractivity contribution in [1.82, 2.24) is 0 Å². The lowest BCUT2D eigenvalue weighted by Gasteiger charge is -2.19. The minimum atomic E-state index is -3.50. The second-order valence-corrected chi connectivity index (χ2v) is 5.95. The van der Waals surface area contributed by atoms with Crippen molar-refractivity contribution >= 4 is 23.7 Å². The summed E-state index contributed by atoms with van der Waals surface area (Å²) in [5, 5.41) is 11.9. The Labute approximate surface area is 112 Å². The fourth-order valence-electron chi connectivity index (χ4n) is 2.04. The Hall–Kier alpha value is -1.35. The van der Waals surface area contributed by atoms with Gasteiger partial charge in [0.05, 0.1) is 13.2 Å². The van der Waals surface area contributed by atoms with Crippen molar-refractivity contribution in [3.63, 3.8) is 0 Å². The number of phenolic OH excluding ortho intramolecular Hbond substituents is 1. The van der Waals surface area contributed by atoms with Gasteiger partial charge in [0.1, 0.15) is 11.1 Å². The Morgan fingerprint density at radius 3 is 2.32 bits per heavy atom. The first kappa shape index (κ1) is 14.1. The molecule has 0 heterocycles. The molecule has 0 bridgehead atoms. The number of rotatable bonds is 5. The number of hydrogen-bond acceptors (Lipinski definition) is 4. The second-order valence-electron chi connectivity index (χ2n) is 3.99. The van der Waals surface area contributed by atoms with Gasteiger partial charge in [-0.2, -0.15) is 0 Å². The molecule has 2 aromatic carbocycles. The highest BCUT2D eigenvalue weighted by atomic mass is 31.2. The third-order valence-corrected chi connectivity index (χ3v) is 4.97. The molecule has 0 saturated carbocycles. The summed E-state index contributed by atoms with van der Waals surface area (Å²) >= 11 is 0. The predicted octanol–water partition coefficient (Wildman–Crippen LogP) is 3.44. The molecule has 0 radical (unpaired) electrons. The van der Waals surface area contributed by atoms with Crippen molar-refractivity contribution < 1.29 is 18.7 Å². The summed E-state index contributed by atoms with van der Waals surface area (Å²) in [7, 11) is -3.50. The van der Waals surface area contributed by atoms with Crippen molar-refractivity contribution in [3.05, 3.63) is 36.4 Å². The molecular weight excluding hydrogens is 263 g/mol. The highest BCUT2D eigenvalue weighted by Crippen LogP contribution is 2.50. The van der Waals surface area contributed by atoms with Gasteiger partial charge in [-0.05, 0) is 25.3 Å². The van der Waals surface area contributed by atoms with Crippen LogP contribution in [0.4, 0.5) is 0 Å². The Balaban J connectivity index is 2.71. The van der Waals surface area contributed by atoms with Gasteiger partial charge < -0.3 is 14.2 Å². The predicted molar refractivity (Wildman–Crippen MR) is 76.1 cm³/mol. The van der Waals surface area contributed by atoms with E-state index in [2.05, 4.69) is 0 Å². The first-order valence-electron chi connectivity index (χ1n) is 6.22. The molecule has 0 saturated heterocycles. The van der Waals surface area contributed by atoms with E-state index in [0.717, 1.165) is 5.39 Å². The number of aromatic hydroxyl groups is 1. The van der Waals surface area contributed by atoms with Gasteiger partial charge in [-0.15, -0.1) is 0 Å². The molecular formula is C14H17O4P. The zero-order chi connectivity index (χ0) is 13.9. The number of fused-ring (bicyclic) bond motifs is 1. The summed E-state index contributed by atoms with van der Waals surface area (Å²) < 4.78 is 23.5. The van der Waals surface area contributed by atoms with E-state index in [0.29, 0.717) is 5.39 Å². The summed E-state index contributed by atoms with van der Waals surface area (Å²) in [6, 6.07) is 10.7. The third-order valence-electron chi connectivity index (χ3n) is 2.75. The van der Waals surface area contributed by atoms with E-state index in [1.807, 2.05) is 18.2 Å². The van der Waals surface area contributed by atoms with Crippen LogP contribution in [-0.4, -0.2) is 18.3 Å². The van der Waals surface area contributed by atoms with Gasteiger partial charge in [0.2, 0.25) is 0 Å². The minimum absolute atomic E-state index is 0.0658. The molecule has 2 rings (SSSR count). The molecule has 0 aliphatic carbocycles. The summed E-state index contributed by atoms with van der Waals surface area (Å²) in [6.45, 7) is 3.99. The molecule has 1 N–H and O–H groups in total. The van der Waals surface area contributed by atoms with Gasteiger partial charge in [0.25, 0.3) is 0 Å². The molecule has 19 heavy (non-hydrogen) atoms. The molecule has 0 aliphatic heterocycles. The van der Waals surface area contributed by atoms with Gasteiger partial charge in [-0.1, -0.05) is 30.3 Å². The molecule has 0 amide bonds. The van der Waals surface area contributed by atoms with Crippen molar-refractivity contribution in [2.45, 2.75) is 13.8 Å². The van der Waals surface area contributed by atoms with E-state index in [4.69, 9.17) is 9.05 Å². The first-order valence-corrected chi connectivity index (χ1v) is 7.77. The standard InChI is InChI=1S/C14H17O4P/c1-3-17-19(16,18-4-2)14-12-8-6-5-7-11(12)9-10-13(14)15/h5-10,15H,3-4H2,1-2H3. The average Bonchev–Trinajstić information content (AvgIpc) is 2.39. The molecule has 5 heteroatoms. The van der Waals surface area contributed by atoms with Gasteiger partial charge >= 0.3 is 7.60 Å². The SMILES string of the molecule is CCOP(=O)(OCC)c1c(O)ccc2ccccc12. The molecule has 0 fully saturated rings. The van der Waals surface area contributed by atoms with E-state index in [1.165, 1.54) is 6.07 Å². The zero-order valence-electron chi connectivity index (χ0n) is 11.0. The van der Waals surface area contributed by atoms with E-state index in [1.54, 1.807) is 26.0 Å². The molecule has 0 aromatic heterocycles. The van der Waals surface area contributed by atoms with Gasteiger partial charge in [0, 0.05) is 5.39 Å². The monoisotopic (exact) mass is 280 g/mol. The van der Waals surface area contributed by atoms with Gasteiger partial charge in [-0.3, -0.25) is 4.57 Å². The maximum atomic E-state index is 12.8. The molecule has 0 atom stereocenters. The van der Waals surface area contributed by atoms with E-state index < -0.39 is 7.60 Å². The van der Waals surface area contributed by atoms with Crippen molar-refractivity contribution in [2.24, 2.45) is 0 Å². The Morgan fingerprint density at radius 1 is 1.05 bits per heavy atom. The van der Waals surface area contributed by atoms with Crippen molar-refractivity contribution in [2.75, 3.05) is 13.2 Å². The molecule has 2 aromatic rings. The summed E-state index contributed by atoms with van der Waals surface area (Å²) in [6.07, 6.45) is 0. The average molecular weight is 280 g/mol. The second kappa shape index (κ2) is 5.74. The lowest BCUT2D eigenvalue weighted by atomic mass is 10.1. The van der Waals surface area contributed by atoms with Crippen molar-refractivity contribution in [3.8, 4) is 5.75 Å². The number of hydrogen-bond donors (Lipinski definition) is 1.